The monoisotopic (exact) mass is 484 g/mol. The summed E-state index contributed by atoms with van der Waals surface area (Å²) in [4.78, 5) is 0. The lowest BCUT2D eigenvalue weighted by atomic mass is 10.0. The van der Waals surface area contributed by atoms with E-state index in [4.69, 9.17) is 0 Å². The van der Waals surface area contributed by atoms with Crippen molar-refractivity contribution in [1.82, 2.24) is 9.13 Å². The maximum Gasteiger partial charge on any atom is 0.0541 e. The van der Waals surface area contributed by atoms with Gasteiger partial charge in [0.2, 0.25) is 0 Å². The lowest BCUT2D eigenvalue weighted by Crippen LogP contribution is -1.95. The lowest BCUT2D eigenvalue weighted by molar-refractivity contribution is 1.18. The summed E-state index contributed by atoms with van der Waals surface area (Å²) in [6.45, 7) is 0. The Morgan fingerprint density at radius 2 is 0.711 bits per heavy atom. The fraction of sp³-hybridized carbons (Fsp3) is 0. The zero-order valence-electron chi connectivity index (χ0n) is 20.8. The third kappa shape index (κ3) is 3.07. The van der Waals surface area contributed by atoms with E-state index in [0.717, 1.165) is 0 Å². The first-order chi connectivity index (χ1) is 18.9. The molecule has 2 heteroatoms. The zero-order chi connectivity index (χ0) is 25.1. The molecule has 0 unspecified atom stereocenters. The van der Waals surface area contributed by atoms with Crippen molar-refractivity contribution < 1.29 is 0 Å². The third-order valence-corrected chi connectivity index (χ3v) is 7.72. The number of rotatable bonds is 3. The molecule has 38 heavy (non-hydrogen) atoms. The van der Waals surface area contributed by atoms with Crippen LogP contribution in [0.25, 0.3) is 66.1 Å². The Morgan fingerprint density at radius 1 is 0.289 bits per heavy atom. The Kier molecular flexibility index (Phi) is 4.55. The van der Waals surface area contributed by atoms with Crippen molar-refractivity contribution in [3.63, 3.8) is 0 Å². The topological polar surface area (TPSA) is 9.86 Å². The van der Waals surface area contributed by atoms with Gasteiger partial charge in [0.05, 0.1) is 22.1 Å². The number of hydrogen-bond donors (Lipinski definition) is 0. The van der Waals surface area contributed by atoms with Crippen LogP contribution in [0.5, 0.6) is 0 Å². The average molecular weight is 485 g/mol. The second-order valence-electron chi connectivity index (χ2n) is 9.84. The molecule has 2 nitrogen and oxygen atoms in total. The predicted molar refractivity (Wildman–Crippen MR) is 161 cm³/mol. The first-order valence-corrected chi connectivity index (χ1v) is 13.0. The van der Waals surface area contributed by atoms with Gasteiger partial charge in [-0.3, -0.25) is 0 Å². The van der Waals surface area contributed by atoms with Gasteiger partial charge in [0, 0.05) is 32.9 Å². The molecule has 178 valence electrons. The van der Waals surface area contributed by atoms with E-state index in [1.165, 1.54) is 66.1 Å². The second-order valence-corrected chi connectivity index (χ2v) is 9.84. The van der Waals surface area contributed by atoms with Crippen LogP contribution in [0.2, 0.25) is 0 Å². The maximum atomic E-state index is 2.38. The minimum atomic E-state index is 1.17. The van der Waals surface area contributed by atoms with Crippen LogP contribution in [0.4, 0.5) is 0 Å². The molecule has 0 amide bonds. The van der Waals surface area contributed by atoms with Crippen molar-refractivity contribution in [2.45, 2.75) is 0 Å². The van der Waals surface area contributed by atoms with Crippen molar-refractivity contribution >= 4 is 43.6 Å². The minimum Gasteiger partial charge on any atom is -0.309 e. The van der Waals surface area contributed by atoms with Crippen molar-refractivity contribution in [1.29, 1.82) is 0 Å². The highest BCUT2D eigenvalue weighted by Crippen LogP contribution is 2.35. The summed E-state index contributed by atoms with van der Waals surface area (Å²) < 4.78 is 4.74. The smallest absolute Gasteiger partial charge is 0.0541 e. The molecule has 0 saturated heterocycles. The molecule has 0 bridgehead atoms. The quantitative estimate of drug-likeness (QED) is 0.236. The minimum absolute atomic E-state index is 1.17. The van der Waals surface area contributed by atoms with E-state index in [1.54, 1.807) is 0 Å². The van der Waals surface area contributed by atoms with E-state index in [0.29, 0.717) is 0 Å². The van der Waals surface area contributed by atoms with E-state index in [-0.39, 0.29) is 0 Å². The first-order valence-electron chi connectivity index (χ1n) is 13.0. The van der Waals surface area contributed by atoms with Gasteiger partial charge >= 0.3 is 0 Å². The molecule has 2 aromatic heterocycles. The molecule has 8 aromatic rings. The molecule has 0 N–H and O–H groups in total. The van der Waals surface area contributed by atoms with Crippen LogP contribution in [0, 0.1) is 0 Å². The number of para-hydroxylation sites is 4. The largest absolute Gasteiger partial charge is 0.309 e. The molecule has 2 heterocycles. The summed E-state index contributed by atoms with van der Waals surface area (Å²) in [5.74, 6) is 0. The molecule has 6 aromatic carbocycles. The Bertz CT molecular complexity index is 2020. The Hall–Kier alpha value is -5.08. The van der Waals surface area contributed by atoms with Gasteiger partial charge in [0.1, 0.15) is 0 Å². The molecule has 0 saturated carbocycles. The molecule has 0 fully saturated rings. The summed E-state index contributed by atoms with van der Waals surface area (Å²) in [5, 5.41) is 5.13. The van der Waals surface area contributed by atoms with E-state index < -0.39 is 0 Å². The van der Waals surface area contributed by atoms with Gasteiger partial charge in [0.25, 0.3) is 0 Å². The van der Waals surface area contributed by atoms with Crippen LogP contribution in [0.15, 0.2) is 146 Å². The fourth-order valence-corrected chi connectivity index (χ4v) is 6.03. The van der Waals surface area contributed by atoms with Crippen molar-refractivity contribution in [2.24, 2.45) is 0 Å². The van der Waals surface area contributed by atoms with Gasteiger partial charge in [-0.15, -0.1) is 0 Å². The van der Waals surface area contributed by atoms with Gasteiger partial charge in [-0.25, -0.2) is 0 Å². The zero-order valence-corrected chi connectivity index (χ0v) is 20.8. The van der Waals surface area contributed by atoms with Crippen molar-refractivity contribution in [3.8, 4) is 22.5 Å². The van der Waals surface area contributed by atoms with Crippen LogP contribution < -0.4 is 0 Å². The van der Waals surface area contributed by atoms with Crippen LogP contribution in [0.3, 0.4) is 0 Å². The lowest BCUT2D eigenvalue weighted by Gasteiger charge is -2.12. The van der Waals surface area contributed by atoms with Crippen LogP contribution in [0.1, 0.15) is 0 Å². The molecule has 0 atom stereocenters. The van der Waals surface area contributed by atoms with Crippen molar-refractivity contribution in [2.75, 3.05) is 0 Å². The molecule has 0 aliphatic carbocycles. The van der Waals surface area contributed by atoms with Crippen LogP contribution in [-0.2, 0) is 0 Å². The van der Waals surface area contributed by atoms with E-state index in [2.05, 4.69) is 155 Å². The van der Waals surface area contributed by atoms with Crippen molar-refractivity contribution in [3.05, 3.63) is 146 Å². The summed E-state index contributed by atoms with van der Waals surface area (Å²) in [6, 6.07) is 52.5. The maximum absolute atomic E-state index is 2.38. The average Bonchev–Trinajstić information content (AvgIpc) is 3.51. The Labute approximate surface area is 220 Å². The summed E-state index contributed by atoms with van der Waals surface area (Å²) in [6.07, 6.45) is 0. The number of hydrogen-bond acceptors (Lipinski definition) is 0. The van der Waals surface area contributed by atoms with Gasteiger partial charge < -0.3 is 9.13 Å². The molecular formula is C36H24N2. The number of nitrogens with zero attached hydrogens (tertiary/aromatic N) is 2. The number of fused-ring (bicyclic) bond motifs is 6. The SMILES string of the molecule is c1cc(-c2ccc(-n3c4ccccc4c4ccccc43)cc2)cc(-n2c3ccccc3c3ccccc32)c1. The Balaban J connectivity index is 1.25. The standard InChI is InChI=1S/C36H24N2/c1-5-16-33-29(12-1)30-13-2-6-17-34(30)37(33)27-22-20-25(21-23-27)26-10-9-11-28(24-26)38-35-18-7-3-14-31(35)32-15-4-8-19-36(32)38/h1-24H. The summed E-state index contributed by atoms with van der Waals surface area (Å²) >= 11 is 0. The third-order valence-electron chi connectivity index (χ3n) is 7.72. The highest BCUT2D eigenvalue weighted by atomic mass is 15.0. The van der Waals surface area contributed by atoms with Gasteiger partial charge in [0.15, 0.2) is 0 Å². The highest BCUT2D eigenvalue weighted by molar-refractivity contribution is 6.10. The van der Waals surface area contributed by atoms with E-state index in [9.17, 15) is 0 Å². The second kappa shape index (κ2) is 8.22. The van der Waals surface area contributed by atoms with Crippen LogP contribution >= 0.6 is 0 Å². The van der Waals surface area contributed by atoms with Gasteiger partial charge in [-0.2, -0.15) is 0 Å². The van der Waals surface area contributed by atoms with Crippen LogP contribution in [-0.4, -0.2) is 9.13 Å². The number of aromatic nitrogens is 2. The highest BCUT2D eigenvalue weighted by Gasteiger charge is 2.13. The molecule has 0 spiro atoms. The van der Waals surface area contributed by atoms with E-state index >= 15 is 0 Å². The van der Waals surface area contributed by atoms with Gasteiger partial charge in [-0.1, -0.05) is 97.1 Å². The molecule has 0 radical (unpaired) electrons. The molecule has 8 rings (SSSR count). The van der Waals surface area contributed by atoms with E-state index in [1.807, 2.05) is 0 Å². The normalized spacial score (nSPS) is 11.7. The summed E-state index contributed by atoms with van der Waals surface area (Å²) in [5.41, 5.74) is 9.68. The fourth-order valence-electron chi connectivity index (χ4n) is 6.03. The number of benzene rings is 6. The van der Waals surface area contributed by atoms with Gasteiger partial charge in [-0.05, 0) is 59.7 Å². The summed E-state index contributed by atoms with van der Waals surface area (Å²) in [7, 11) is 0. The Morgan fingerprint density at radius 3 is 1.18 bits per heavy atom. The first kappa shape index (κ1) is 21.0. The molecular weight excluding hydrogens is 460 g/mol. The predicted octanol–water partition coefficient (Wildman–Crippen LogP) is 9.55. The molecule has 0 aliphatic rings. The molecule has 0 aliphatic heterocycles.